The third kappa shape index (κ3) is 6.03. The number of carbonyl (C=O) groups is 1. The normalized spacial score (nSPS) is 15.6. The molecule has 0 unspecified atom stereocenters. The number of carbonyl (C=O) groups excluding carboxylic acids is 1. The van der Waals surface area contributed by atoms with Crippen molar-refractivity contribution in [2.24, 2.45) is 0 Å². The summed E-state index contributed by atoms with van der Waals surface area (Å²) in [5.41, 5.74) is 6.00. The average Bonchev–Trinajstić information content (AvgIpc) is 3.29. The number of anilines is 3. The molecule has 0 spiro atoms. The summed E-state index contributed by atoms with van der Waals surface area (Å²) >= 11 is 0. The van der Waals surface area contributed by atoms with Gasteiger partial charge in [-0.15, -0.1) is 0 Å². The smallest absolute Gasteiger partial charge is 0.369 e. The second kappa shape index (κ2) is 10.7. The zero-order valence-corrected chi connectivity index (χ0v) is 21.0. The average molecular weight is 527 g/mol. The van der Waals surface area contributed by atoms with E-state index in [9.17, 15) is 22.4 Å². The molecule has 38 heavy (non-hydrogen) atoms. The van der Waals surface area contributed by atoms with E-state index in [2.05, 4.69) is 32.0 Å². The van der Waals surface area contributed by atoms with Gasteiger partial charge in [-0.25, -0.2) is 14.4 Å². The number of likely N-dealkylation sites (N-methyl/N-ethyl adjacent to an activating group) is 2. The highest BCUT2D eigenvalue weighted by molar-refractivity contribution is 6.06. The standard InChI is InChI=1S/C27H26F4N6O/c1-16-18(14-33-26(32)34-16)6-4-17-5-8-22(28)21(12-17)25(38)35-23-13-19(27(29,30)31)7-9-24(23)37(3)20-10-11-36(2)15-20/h5,7-9,12-14,20H,10-11,15H2,1-3H3,(H,35,38)(H2,32,33,34)/t20-/m1/s1. The lowest BCUT2D eigenvalue weighted by atomic mass is 10.1. The lowest BCUT2D eigenvalue weighted by Gasteiger charge is -2.29. The van der Waals surface area contributed by atoms with Gasteiger partial charge >= 0.3 is 6.18 Å². The van der Waals surface area contributed by atoms with Crippen molar-refractivity contribution >= 4 is 23.2 Å². The van der Waals surface area contributed by atoms with Crippen molar-refractivity contribution in [3.63, 3.8) is 0 Å². The van der Waals surface area contributed by atoms with E-state index in [1.807, 2.05) is 11.9 Å². The summed E-state index contributed by atoms with van der Waals surface area (Å²) in [4.78, 5) is 25.0. The van der Waals surface area contributed by atoms with Gasteiger partial charge in [0, 0.05) is 31.4 Å². The van der Waals surface area contributed by atoms with Crippen molar-refractivity contribution in [2.75, 3.05) is 43.1 Å². The Morgan fingerprint density at radius 2 is 1.97 bits per heavy atom. The van der Waals surface area contributed by atoms with Gasteiger partial charge in [-0.05, 0) is 63.3 Å². The Morgan fingerprint density at radius 3 is 2.63 bits per heavy atom. The monoisotopic (exact) mass is 526 g/mol. The molecule has 7 nitrogen and oxygen atoms in total. The summed E-state index contributed by atoms with van der Waals surface area (Å²) in [5, 5.41) is 2.50. The van der Waals surface area contributed by atoms with Gasteiger partial charge < -0.3 is 20.9 Å². The first-order chi connectivity index (χ1) is 17.9. The maximum Gasteiger partial charge on any atom is 0.416 e. The van der Waals surface area contributed by atoms with Crippen molar-refractivity contribution in [3.05, 3.63) is 76.4 Å². The highest BCUT2D eigenvalue weighted by Crippen LogP contribution is 2.36. The van der Waals surface area contributed by atoms with Gasteiger partial charge in [-0.2, -0.15) is 13.2 Å². The molecular formula is C27H26F4N6O. The van der Waals surface area contributed by atoms with Crippen LogP contribution < -0.4 is 16.0 Å². The van der Waals surface area contributed by atoms with E-state index in [1.54, 1.807) is 14.0 Å². The first kappa shape index (κ1) is 26.9. The lowest BCUT2D eigenvalue weighted by molar-refractivity contribution is -0.137. The highest BCUT2D eigenvalue weighted by atomic mass is 19.4. The maximum atomic E-state index is 14.7. The van der Waals surface area contributed by atoms with E-state index >= 15 is 0 Å². The Labute approximate surface area is 217 Å². The number of benzene rings is 2. The number of hydrogen-bond donors (Lipinski definition) is 2. The minimum Gasteiger partial charge on any atom is -0.369 e. The summed E-state index contributed by atoms with van der Waals surface area (Å²) in [6.07, 6.45) is -2.35. The molecule has 3 N–H and O–H groups in total. The lowest BCUT2D eigenvalue weighted by Crippen LogP contribution is -2.34. The second-order valence-electron chi connectivity index (χ2n) is 9.17. The van der Waals surface area contributed by atoms with Gasteiger partial charge in [0.1, 0.15) is 5.82 Å². The largest absolute Gasteiger partial charge is 0.416 e. The molecule has 11 heteroatoms. The van der Waals surface area contributed by atoms with E-state index in [1.165, 1.54) is 24.4 Å². The van der Waals surface area contributed by atoms with E-state index in [4.69, 9.17) is 5.73 Å². The van der Waals surface area contributed by atoms with Gasteiger partial charge in [0.15, 0.2) is 0 Å². The van der Waals surface area contributed by atoms with Crippen LogP contribution >= 0.6 is 0 Å². The first-order valence-electron chi connectivity index (χ1n) is 11.8. The fraction of sp³-hybridized carbons (Fsp3) is 0.296. The maximum absolute atomic E-state index is 14.7. The summed E-state index contributed by atoms with van der Waals surface area (Å²) in [5.74, 6) is 4.06. The second-order valence-corrected chi connectivity index (χ2v) is 9.17. The Morgan fingerprint density at radius 1 is 1.21 bits per heavy atom. The SMILES string of the molecule is Cc1nc(N)ncc1C#Cc1ccc(F)c(C(=O)Nc2cc(C(F)(F)F)ccc2N(C)[C@@H]2CCN(C)C2)c1. The van der Waals surface area contributed by atoms with E-state index in [0.717, 1.165) is 37.7 Å². The van der Waals surface area contributed by atoms with Crippen molar-refractivity contribution in [2.45, 2.75) is 25.6 Å². The Kier molecular flexibility index (Phi) is 7.55. The Hall–Kier alpha value is -4.17. The van der Waals surface area contributed by atoms with Gasteiger partial charge in [-0.1, -0.05) is 11.8 Å². The zero-order chi connectivity index (χ0) is 27.6. The van der Waals surface area contributed by atoms with Crippen LogP contribution in [-0.4, -0.2) is 54.0 Å². The topological polar surface area (TPSA) is 87.4 Å². The molecule has 3 aromatic rings. The zero-order valence-electron chi connectivity index (χ0n) is 21.0. The number of alkyl halides is 3. The highest BCUT2D eigenvalue weighted by Gasteiger charge is 2.33. The molecule has 1 amide bonds. The van der Waals surface area contributed by atoms with E-state index in [0.29, 0.717) is 22.5 Å². The van der Waals surface area contributed by atoms with Crippen molar-refractivity contribution in [1.29, 1.82) is 0 Å². The van der Waals surface area contributed by atoms with E-state index in [-0.39, 0.29) is 23.2 Å². The Bertz CT molecular complexity index is 1430. The summed E-state index contributed by atoms with van der Waals surface area (Å²) in [6, 6.07) is 6.93. The summed E-state index contributed by atoms with van der Waals surface area (Å²) < 4.78 is 55.1. The van der Waals surface area contributed by atoms with Crippen molar-refractivity contribution < 1.29 is 22.4 Å². The molecule has 1 atom stereocenters. The number of nitrogen functional groups attached to an aromatic ring is 1. The first-order valence-corrected chi connectivity index (χ1v) is 11.8. The summed E-state index contributed by atoms with van der Waals surface area (Å²) in [7, 11) is 3.73. The van der Waals surface area contributed by atoms with Gasteiger partial charge in [-0.3, -0.25) is 4.79 Å². The predicted molar refractivity (Wildman–Crippen MR) is 137 cm³/mol. The molecule has 1 fully saturated rings. The van der Waals surface area contributed by atoms with Gasteiger partial charge in [0.2, 0.25) is 5.95 Å². The number of aryl methyl sites for hydroxylation is 1. The number of nitrogens with zero attached hydrogens (tertiary/aromatic N) is 4. The van der Waals surface area contributed by atoms with Crippen LogP contribution in [-0.2, 0) is 6.18 Å². The van der Waals surface area contributed by atoms with Crippen molar-refractivity contribution in [3.8, 4) is 11.8 Å². The molecule has 4 rings (SSSR count). The van der Waals surface area contributed by atoms with Crippen LogP contribution in [0.15, 0.2) is 42.6 Å². The number of nitrogens with two attached hydrogens (primary N) is 1. The molecule has 1 saturated heterocycles. The molecule has 0 aliphatic carbocycles. The van der Waals surface area contributed by atoms with E-state index < -0.39 is 23.5 Å². The minimum atomic E-state index is -4.62. The number of hydrogen-bond acceptors (Lipinski definition) is 6. The molecule has 2 aromatic carbocycles. The number of halogens is 4. The van der Waals surface area contributed by atoms with Crippen LogP contribution in [0.25, 0.3) is 0 Å². The molecule has 0 saturated carbocycles. The third-order valence-corrected chi connectivity index (χ3v) is 6.42. The third-order valence-electron chi connectivity index (χ3n) is 6.42. The number of aromatic nitrogens is 2. The molecule has 1 aliphatic rings. The Balaban J connectivity index is 1.65. The fourth-order valence-electron chi connectivity index (χ4n) is 4.26. The van der Waals surface area contributed by atoms with Crippen molar-refractivity contribution in [1.82, 2.24) is 14.9 Å². The summed E-state index contributed by atoms with van der Waals surface area (Å²) in [6.45, 7) is 3.27. The molecule has 1 aromatic heterocycles. The van der Waals surface area contributed by atoms with Gasteiger partial charge in [0.25, 0.3) is 5.91 Å². The molecule has 0 bridgehead atoms. The number of likely N-dealkylation sites (tertiary alicyclic amines) is 1. The molecule has 198 valence electrons. The number of rotatable bonds is 4. The number of amides is 1. The molecule has 0 radical (unpaired) electrons. The van der Waals surface area contributed by atoms with Gasteiger partial charge in [0.05, 0.1) is 33.8 Å². The van der Waals surface area contributed by atoms with Crippen LogP contribution in [0.2, 0.25) is 0 Å². The van der Waals surface area contributed by atoms with Crippen LogP contribution in [0.1, 0.15) is 39.2 Å². The molecule has 1 aliphatic heterocycles. The van der Waals surface area contributed by atoms with Crippen LogP contribution in [0.4, 0.5) is 34.9 Å². The molecular weight excluding hydrogens is 500 g/mol. The van der Waals surface area contributed by atoms with Crippen LogP contribution in [0.3, 0.4) is 0 Å². The minimum absolute atomic E-state index is 0.0449. The van der Waals surface area contributed by atoms with Crippen LogP contribution in [0, 0.1) is 24.6 Å². The predicted octanol–water partition coefficient (Wildman–Crippen LogP) is 4.32. The molecule has 2 heterocycles. The quantitative estimate of drug-likeness (QED) is 0.389. The fourth-order valence-corrected chi connectivity index (χ4v) is 4.26. The van der Waals surface area contributed by atoms with Crippen LogP contribution in [0.5, 0.6) is 0 Å². The number of nitrogens with one attached hydrogen (secondary N) is 1.